The van der Waals surface area contributed by atoms with Gasteiger partial charge in [0.05, 0.1) is 23.9 Å². The van der Waals surface area contributed by atoms with Gasteiger partial charge in [-0.15, -0.1) is 0 Å². The average Bonchev–Trinajstić information content (AvgIpc) is 2.83. The van der Waals surface area contributed by atoms with E-state index in [9.17, 15) is 4.39 Å². The molecule has 0 aliphatic carbocycles. The van der Waals surface area contributed by atoms with Crippen LogP contribution in [0.3, 0.4) is 0 Å². The normalized spacial score (nSPS) is 10.6. The van der Waals surface area contributed by atoms with Gasteiger partial charge >= 0.3 is 0 Å². The monoisotopic (exact) mass is 272 g/mol. The summed E-state index contributed by atoms with van der Waals surface area (Å²) in [5.74, 6) is 0.961. The van der Waals surface area contributed by atoms with Crippen LogP contribution in [0.15, 0.2) is 30.6 Å². The minimum atomic E-state index is -0.425. The lowest BCUT2D eigenvalue weighted by Crippen LogP contribution is -2.12. The van der Waals surface area contributed by atoms with E-state index in [0.717, 1.165) is 12.4 Å². The molecule has 1 aromatic heterocycles. The maximum Gasteiger partial charge on any atom is 0.147 e. The lowest BCUT2D eigenvalue weighted by Gasteiger charge is -2.12. The molecule has 0 spiro atoms. The molecule has 2 aromatic rings. The Hall–Kier alpha value is -2.35. The third-order valence-corrected chi connectivity index (χ3v) is 2.90. The number of halogens is 1. The molecule has 0 aliphatic rings. The van der Waals surface area contributed by atoms with Crippen LogP contribution < -0.4 is 5.32 Å². The van der Waals surface area contributed by atoms with Crippen LogP contribution in [0.4, 0.5) is 10.1 Å². The first-order chi connectivity index (χ1) is 9.60. The van der Waals surface area contributed by atoms with Crippen molar-refractivity contribution in [3.63, 3.8) is 0 Å². The van der Waals surface area contributed by atoms with Crippen molar-refractivity contribution in [2.75, 3.05) is 5.32 Å². The van der Waals surface area contributed by atoms with E-state index >= 15 is 0 Å². The molecule has 20 heavy (non-hydrogen) atoms. The van der Waals surface area contributed by atoms with Crippen molar-refractivity contribution < 1.29 is 4.39 Å². The van der Waals surface area contributed by atoms with Crippen molar-refractivity contribution in [3.05, 3.63) is 47.8 Å². The van der Waals surface area contributed by atoms with Crippen LogP contribution >= 0.6 is 0 Å². The Labute approximate surface area is 117 Å². The van der Waals surface area contributed by atoms with E-state index in [1.807, 2.05) is 12.3 Å². The van der Waals surface area contributed by atoms with Crippen molar-refractivity contribution in [2.24, 2.45) is 5.92 Å². The highest BCUT2D eigenvalue weighted by molar-refractivity contribution is 5.48. The molecular formula is C15H17FN4. The number of aromatic nitrogens is 2. The van der Waals surface area contributed by atoms with Gasteiger partial charge in [0.1, 0.15) is 11.6 Å². The number of hydrogen-bond acceptors (Lipinski definition) is 3. The molecule has 5 heteroatoms. The SMILES string of the molecule is CC(C)Cn1ccnc1CNc1ccc(C#N)cc1F. The van der Waals surface area contributed by atoms with Crippen molar-refractivity contribution >= 4 is 5.69 Å². The number of imidazole rings is 1. The fourth-order valence-corrected chi connectivity index (χ4v) is 1.97. The quantitative estimate of drug-likeness (QED) is 0.909. The number of nitriles is 1. The first-order valence-electron chi connectivity index (χ1n) is 6.53. The molecule has 4 nitrogen and oxygen atoms in total. The second kappa shape index (κ2) is 6.20. The molecule has 1 N–H and O–H groups in total. The summed E-state index contributed by atoms with van der Waals surface area (Å²) in [6, 6.07) is 6.30. The van der Waals surface area contributed by atoms with Crippen molar-refractivity contribution in [2.45, 2.75) is 26.9 Å². The molecule has 0 radical (unpaired) electrons. The Morgan fingerprint density at radius 1 is 1.45 bits per heavy atom. The molecule has 0 saturated heterocycles. The smallest absolute Gasteiger partial charge is 0.147 e. The minimum absolute atomic E-state index is 0.314. The molecule has 0 amide bonds. The topological polar surface area (TPSA) is 53.6 Å². The fourth-order valence-electron chi connectivity index (χ4n) is 1.97. The maximum atomic E-state index is 13.7. The standard InChI is InChI=1S/C15H17FN4/c1-11(2)10-20-6-5-18-15(20)9-19-14-4-3-12(8-17)7-13(14)16/h3-7,11,19H,9-10H2,1-2H3. The fraction of sp³-hybridized carbons (Fsp3) is 0.333. The number of rotatable bonds is 5. The van der Waals surface area contributed by atoms with Gasteiger partial charge in [-0.3, -0.25) is 0 Å². The predicted molar refractivity (Wildman–Crippen MR) is 75.5 cm³/mol. The zero-order chi connectivity index (χ0) is 14.5. The highest BCUT2D eigenvalue weighted by atomic mass is 19.1. The van der Waals surface area contributed by atoms with E-state index in [1.165, 1.54) is 6.07 Å². The average molecular weight is 272 g/mol. The highest BCUT2D eigenvalue weighted by Crippen LogP contribution is 2.16. The van der Waals surface area contributed by atoms with E-state index in [1.54, 1.807) is 18.3 Å². The summed E-state index contributed by atoms with van der Waals surface area (Å²) in [6.07, 6.45) is 3.67. The minimum Gasteiger partial charge on any atom is -0.375 e. The molecule has 1 heterocycles. The number of benzene rings is 1. The molecule has 0 bridgehead atoms. The van der Waals surface area contributed by atoms with Gasteiger partial charge in [0.15, 0.2) is 0 Å². The van der Waals surface area contributed by atoms with Gasteiger partial charge in [0, 0.05) is 18.9 Å². The maximum absolute atomic E-state index is 13.7. The third kappa shape index (κ3) is 3.35. The summed E-state index contributed by atoms with van der Waals surface area (Å²) in [4.78, 5) is 4.27. The van der Waals surface area contributed by atoms with Crippen LogP contribution in [0.25, 0.3) is 0 Å². The van der Waals surface area contributed by atoms with Gasteiger partial charge in [-0.05, 0) is 24.1 Å². The van der Waals surface area contributed by atoms with E-state index in [-0.39, 0.29) is 0 Å². The molecule has 0 aliphatic heterocycles. The van der Waals surface area contributed by atoms with Gasteiger partial charge in [0.2, 0.25) is 0 Å². The molecular weight excluding hydrogens is 255 g/mol. The number of hydrogen-bond donors (Lipinski definition) is 1. The van der Waals surface area contributed by atoms with Gasteiger partial charge in [0.25, 0.3) is 0 Å². The van der Waals surface area contributed by atoms with Crippen LogP contribution in [-0.4, -0.2) is 9.55 Å². The molecule has 2 rings (SSSR count). The Morgan fingerprint density at radius 3 is 2.90 bits per heavy atom. The molecule has 1 aromatic carbocycles. The largest absolute Gasteiger partial charge is 0.375 e. The Morgan fingerprint density at radius 2 is 2.25 bits per heavy atom. The zero-order valence-electron chi connectivity index (χ0n) is 11.6. The van der Waals surface area contributed by atoms with E-state index in [2.05, 4.69) is 28.7 Å². The number of nitrogens with one attached hydrogen (secondary N) is 1. The molecule has 0 unspecified atom stereocenters. The summed E-state index contributed by atoms with van der Waals surface area (Å²) in [5.41, 5.74) is 0.692. The zero-order valence-corrected chi connectivity index (χ0v) is 11.6. The van der Waals surface area contributed by atoms with Gasteiger partial charge in [-0.2, -0.15) is 5.26 Å². The molecule has 104 valence electrons. The molecule has 0 atom stereocenters. The van der Waals surface area contributed by atoms with Gasteiger partial charge in [-0.1, -0.05) is 13.8 Å². The number of anilines is 1. The molecule has 0 fully saturated rings. The number of nitrogens with zero attached hydrogens (tertiary/aromatic N) is 3. The van der Waals surface area contributed by atoms with E-state index in [0.29, 0.717) is 23.7 Å². The summed E-state index contributed by atoms with van der Waals surface area (Å²) in [7, 11) is 0. The van der Waals surface area contributed by atoms with Crippen LogP contribution in [0, 0.1) is 23.1 Å². The van der Waals surface area contributed by atoms with Crippen molar-refractivity contribution in [3.8, 4) is 6.07 Å². The van der Waals surface area contributed by atoms with Crippen LogP contribution in [-0.2, 0) is 13.1 Å². The van der Waals surface area contributed by atoms with Crippen molar-refractivity contribution in [1.82, 2.24) is 9.55 Å². The van der Waals surface area contributed by atoms with Gasteiger partial charge in [-0.25, -0.2) is 9.37 Å². The Balaban J connectivity index is 2.06. The van der Waals surface area contributed by atoms with Crippen LogP contribution in [0.2, 0.25) is 0 Å². The first-order valence-corrected chi connectivity index (χ1v) is 6.53. The lowest BCUT2D eigenvalue weighted by atomic mass is 10.2. The van der Waals surface area contributed by atoms with E-state index < -0.39 is 5.82 Å². The van der Waals surface area contributed by atoms with Crippen LogP contribution in [0.1, 0.15) is 25.2 Å². The summed E-state index contributed by atoms with van der Waals surface area (Å²) in [6.45, 7) is 5.60. The van der Waals surface area contributed by atoms with Crippen molar-refractivity contribution in [1.29, 1.82) is 5.26 Å². The second-order valence-electron chi connectivity index (χ2n) is 5.05. The predicted octanol–water partition coefficient (Wildman–Crippen LogP) is 3.16. The van der Waals surface area contributed by atoms with E-state index in [4.69, 9.17) is 5.26 Å². The summed E-state index contributed by atoms with van der Waals surface area (Å²) in [5, 5.41) is 11.7. The summed E-state index contributed by atoms with van der Waals surface area (Å²) >= 11 is 0. The third-order valence-electron chi connectivity index (χ3n) is 2.90. The summed E-state index contributed by atoms with van der Waals surface area (Å²) < 4.78 is 15.8. The van der Waals surface area contributed by atoms with Gasteiger partial charge < -0.3 is 9.88 Å². The molecule has 0 saturated carbocycles. The lowest BCUT2D eigenvalue weighted by molar-refractivity contribution is 0.509. The second-order valence-corrected chi connectivity index (χ2v) is 5.05. The first kappa shape index (κ1) is 14.1. The Kier molecular flexibility index (Phi) is 4.36. The Bertz CT molecular complexity index is 625. The van der Waals surface area contributed by atoms with Crippen LogP contribution in [0.5, 0.6) is 0 Å². The highest BCUT2D eigenvalue weighted by Gasteiger charge is 2.07.